The summed E-state index contributed by atoms with van der Waals surface area (Å²) in [6.07, 6.45) is 0. The molecule has 0 spiro atoms. The summed E-state index contributed by atoms with van der Waals surface area (Å²) in [4.78, 5) is 19.0. The quantitative estimate of drug-likeness (QED) is 0.732. The van der Waals surface area contributed by atoms with Gasteiger partial charge in [-0.05, 0) is 24.3 Å². The third-order valence-electron chi connectivity index (χ3n) is 3.12. The maximum Gasteiger partial charge on any atom is 0.340 e. The van der Waals surface area contributed by atoms with E-state index in [2.05, 4.69) is 9.97 Å². The number of nitrogens with zero attached hydrogens (tertiary/aromatic N) is 1. The first kappa shape index (κ1) is 13.6. The molecule has 21 heavy (non-hydrogen) atoms. The molecular weight excluding hydrogens is 295 g/mol. The van der Waals surface area contributed by atoms with Crippen LogP contribution < -0.4 is 0 Å². The largest absolute Gasteiger partial charge is 0.465 e. The first-order chi connectivity index (χ1) is 10.1. The van der Waals surface area contributed by atoms with Crippen molar-refractivity contribution in [1.82, 2.24) is 9.97 Å². The van der Waals surface area contributed by atoms with Gasteiger partial charge in [0.25, 0.3) is 0 Å². The number of hydrogen-bond donors (Lipinski definition) is 1. The van der Waals surface area contributed by atoms with Crippen LogP contribution in [-0.2, 0) is 4.74 Å². The smallest absolute Gasteiger partial charge is 0.340 e. The third-order valence-corrected chi connectivity index (χ3v) is 3.42. The normalized spacial score (nSPS) is 10.8. The van der Waals surface area contributed by atoms with Gasteiger partial charge in [-0.3, -0.25) is 0 Å². The van der Waals surface area contributed by atoms with Crippen LogP contribution in [0.2, 0.25) is 5.02 Å². The topological polar surface area (TPSA) is 55.0 Å². The number of nitrogens with one attached hydrogen (secondary N) is 1. The molecule has 1 heterocycles. The van der Waals surface area contributed by atoms with E-state index in [4.69, 9.17) is 16.3 Å². The number of H-pyrrole nitrogens is 1. The second kappa shape index (κ2) is 5.18. The van der Waals surface area contributed by atoms with Gasteiger partial charge in [-0.1, -0.05) is 23.7 Å². The van der Waals surface area contributed by atoms with Gasteiger partial charge in [0.05, 0.1) is 28.8 Å². The molecule has 6 heteroatoms. The summed E-state index contributed by atoms with van der Waals surface area (Å²) in [5, 5.41) is 0.0150. The van der Waals surface area contributed by atoms with Crippen molar-refractivity contribution in [3.8, 4) is 11.4 Å². The van der Waals surface area contributed by atoms with Gasteiger partial charge in [-0.2, -0.15) is 0 Å². The highest BCUT2D eigenvalue weighted by Crippen LogP contribution is 2.28. The molecule has 0 saturated heterocycles. The van der Waals surface area contributed by atoms with E-state index in [0.29, 0.717) is 22.4 Å². The Hall–Kier alpha value is -2.40. The van der Waals surface area contributed by atoms with Crippen molar-refractivity contribution in [1.29, 1.82) is 0 Å². The summed E-state index contributed by atoms with van der Waals surface area (Å²) < 4.78 is 18.8. The molecule has 106 valence electrons. The van der Waals surface area contributed by atoms with Gasteiger partial charge in [0.1, 0.15) is 11.3 Å². The zero-order chi connectivity index (χ0) is 15.0. The number of imidazole rings is 1. The van der Waals surface area contributed by atoms with Crippen molar-refractivity contribution in [2.75, 3.05) is 7.11 Å². The number of esters is 1. The van der Waals surface area contributed by atoms with E-state index in [1.54, 1.807) is 30.3 Å². The predicted molar refractivity (Wildman–Crippen MR) is 77.8 cm³/mol. The number of hydrogen-bond acceptors (Lipinski definition) is 3. The van der Waals surface area contributed by atoms with Crippen LogP contribution in [0.5, 0.6) is 0 Å². The highest BCUT2D eigenvalue weighted by molar-refractivity contribution is 6.31. The summed E-state index contributed by atoms with van der Waals surface area (Å²) in [5.74, 6) is -0.746. The van der Waals surface area contributed by atoms with Crippen molar-refractivity contribution < 1.29 is 13.9 Å². The number of fused-ring (bicyclic) bond motifs is 1. The summed E-state index contributed by atoms with van der Waals surface area (Å²) in [6.45, 7) is 0. The lowest BCUT2D eigenvalue weighted by atomic mass is 10.2. The lowest BCUT2D eigenvalue weighted by Gasteiger charge is -2.00. The maximum atomic E-state index is 14.1. The average molecular weight is 305 g/mol. The summed E-state index contributed by atoms with van der Waals surface area (Å²) in [6, 6.07) is 9.72. The molecule has 0 amide bonds. The Bertz CT molecular complexity index is 845. The summed E-state index contributed by atoms with van der Waals surface area (Å²) in [5.41, 5.74) is 1.61. The highest BCUT2D eigenvalue weighted by Gasteiger charge is 2.17. The second-order valence-corrected chi connectivity index (χ2v) is 4.79. The van der Waals surface area contributed by atoms with E-state index < -0.39 is 11.8 Å². The zero-order valence-corrected chi connectivity index (χ0v) is 11.7. The van der Waals surface area contributed by atoms with Gasteiger partial charge in [0.15, 0.2) is 5.82 Å². The Balaban J connectivity index is 2.22. The molecule has 0 aliphatic heterocycles. The molecule has 0 atom stereocenters. The Morgan fingerprint density at radius 3 is 2.81 bits per heavy atom. The van der Waals surface area contributed by atoms with Gasteiger partial charge in [0.2, 0.25) is 0 Å². The van der Waals surface area contributed by atoms with Crippen LogP contribution in [0.1, 0.15) is 10.4 Å². The number of rotatable bonds is 2. The summed E-state index contributed by atoms with van der Waals surface area (Å²) >= 11 is 5.78. The third kappa shape index (κ3) is 2.25. The van der Waals surface area contributed by atoms with Crippen molar-refractivity contribution >= 4 is 28.6 Å². The molecule has 1 aromatic heterocycles. The average Bonchev–Trinajstić information content (AvgIpc) is 2.92. The van der Waals surface area contributed by atoms with Crippen LogP contribution in [0.3, 0.4) is 0 Å². The monoisotopic (exact) mass is 304 g/mol. The maximum absolute atomic E-state index is 14.1. The van der Waals surface area contributed by atoms with Crippen molar-refractivity contribution in [2.24, 2.45) is 0 Å². The van der Waals surface area contributed by atoms with Gasteiger partial charge in [0, 0.05) is 0 Å². The molecule has 0 fully saturated rings. The Labute approximate surface area is 124 Å². The van der Waals surface area contributed by atoms with E-state index in [9.17, 15) is 9.18 Å². The SMILES string of the molecule is COC(=O)c1cccc2[nH]c(-c3cccc(Cl)c3F)nc12. The standard InChI is InChI=1S/C15H10ClFN2O2/c1-21-15(20)9-5-3-7-11-13(9)19-14(18-11)8-4-2-6-10(16)12(8)17/h2-7H,1H3,(H,18,19). The minimum Gasteiger partial charge on any atom is -0.465 e. The Morgan fingerprint density at radius 2 is 2.05 bits per heavy atom. The van der Waals surface area contributed by atoms with Gasteiger partial charge in [-0.25, -0.2) is 14.2 Å². The second-order valence-electron chi connectivity index (χ2n) is 4.38. The number of halogens is 2. The minimum absolute atomic E-state index is 0.0150. The molecule has 0 aliphatic rings. The Morgan fingerprint density at radius 1 is 1.29 bits per heavy atom. The Kier molecular flexibility index (Phi) is 3.35. The van der Waals surface area contributed by atoms with Crippen LogP contribution in [0.4, 0.5) is 4.39 Å². The van der Waals surface area contributed by atoms with Crippen LogP contribution in [-0.4, -0.2) is 23.0 Å². The van der Waals surface area contributed by atoms with Gasteiger partial charge < -0.3 is 9.72 Å². The first-order valence-electron chi connectivity index (χ1n) is 6.13. The van der Waals surface area contributed by atoms with Crippen molar-refractivity contribution in [2.45, 2.75) is 0 Å². The van der Waals surface area contributed by atoms with Gasteiger partial charge >= 0.3 is 5.97 Å². The fraction of sp³-hybridized carbons (Fsp3) is 0.0667. The summed E-state index contributed by atoms with van der Waals surface area (Å²) in [7, 11) is 1.30. The van der Waals surface area contributed by atoms with E-state index in [0.717, 1.165) is 0 Å². The molecule has 0 unspecified atom stereocenters. The molecule has 0 saturated carbocycles. The number of aromatic nitrogens is 2. The highest BCUT2D eigenvalue weighted by atomic mass is 35.5. The number of carbonyl (C=O) groups is 1. The number of para-hydroxylation sites is 1. The molecule has 2 aromatic carbocycles. The molecule has 0 bridgehead atoms. The number of methoxy groups -OCH3 is 1. The zero-order valence-electron chi connectivity index (χ0n) is 11.0. The van der Waals surface area contributed by atoms with Crippen LogP contribution in [0.25, 0.3) is 22.4 Å². The molecular formula is C15H10ClFN2O2. The molecule has 4 nitrogen and oxygen atoms in total. The number of benzene rings is 2. The van der Waals surface area contributed by atoms with Gasteiger partial charge in [-0.15, -0.1) is 0 Å². The van der Waals surface area contributed by atoms with E-state index in [-0.39, 0.29) is 10.6 Å². The lowest BCUT2D eigenvalue weighted by molar-refractivity contribution is 0.0603. The van der Waals surface area contributed by atoms with Crippen LogP contribution in [0, 0.1) is 5.82 Å². The number of carbonyl (C=O) groups excluding carboxylic acids is 1. The molecule has 3 aromatic rings. The molecule has 0 aliphatic carbocycles. The van der Waals surface area contributed by atoms with Crippen LogP contribution in [0.15, 0.2) is 36.4 Å². The van der Waals surface area contributed by atoms with E-state index >= 15 is 0 Å². The number of ether oxygens (including phenoxy) is 1. The van der Waals surface area contributed by atoms with Crippen molar-refractivity contribution in [3.05, 3.63) is 52.8 Å². The molecule has 3 rings (SSSR count). The fourth-order valence-corrected chi connectivity index (χ4v) is 2.30. The number of aromatic amines is 1. The predicted octanol–water partition coefficient (Wildman–Crippen LogP) is 3.81. The van der Waals surface area contributed by atoms with Crippen LogP contribution >= 0.6 is 11.6 Å². The molecule has 0 radical (unpaired) electrons. The first-order valence-corrected chi connectivity index (χ1v) is 6.51. The molecule has 1 N–H and O–H groups in total. The lowest BCUT2D eigenvalue weighted by Crippen LogP contribution is -2.01. The minimum atomic E-state index is -0.558. The van der Waals surface area contributed by atoms with E-state index in [1.165, 1.54) is 13.2 Å². The fourth-order valence-electron chi connectivity index (χ4n) is 2.12. The van der Waals surface area contributed by atoms with Crippen molar-refractivity contribution in [3.63, 3.8) is 0 Å². The van der Waals surface area contributed by atoms with E-state index in [1.807, 2.05) is 0 Å².